The molecular weight excluding hydrogens is 321 g/mol. The number of benzene rings is 2. The minimum atomic E-state index is -0.245. The Labute approximate surface area is 148 Å². The fourth-order valence-corrected chi connectivity index (χ4v) is 3.56. The van der Waals surface area contributed by atoms with E-state index in [1.807, 2.05) is 18.2 Å². The molecule has 25 heavy (non-hydrogen) atoms. The number of hydrogen-bond acceptors (Lipinski definition) is 4. The van der Waals surface area contributed by atoms with E-state index in [4.69, 9.17) is 14.2 Å². The fourth-order valence-electron chi connectivity index (χ4n) is 3.56. The van der Waals surface area contributed by atoms with Gasteiger partial charge in [0.05, 0.1) is 21.3 Å². The van der Waals surface area contributed by atoms with Crippen LogP contribution in [0.25, 0.3) is 0 Å². The SMILES string of the molecule is COc1ccc(OC)c([C@H]2CCCN2Cc2cc(F)ccc2OC)c1. The van der Waals surface area contributed by atoms with E-state index in [0.29, 0.717) is 12.3 Å². The number of likely N-dealkylation sites (tertiary alicyclic amines) is 1. The van der Waals surface area contributed by atoms with Crippen LogP contribution < -0.4 is 14.2 Å². The van der Waals surface area contributed by atoms with Crippen LogP contribution in [0, 0.1) is 5.82 Å². The summed E-state index contributed by atoms with van der Waals surface area (Å²) in [6, 6.07) is 10.7. The van der Waals surface area contributed by atoms with Crippen LogP contribution in [0.2, 0.25) is 0 Å². The summed E-state index contributed by atoms with van der Waals surface area (Å²) < 4.78 is 30.0. The van der Waals surface area contributed by atoms with Gasteiger partial charge in [0.25, 0.3) is 0 Å². The molecular formula is C20H24FNO3. The van der Waals surface area contributed by atoms with Crippen molar-refractivity contribution in [2.24, 2.45) is 0 Å². The van der Waals surface area contributed by atoms with E-state index in [1.165, 1.54) is 6.07 Å². The van der Waals surface area contributed by atoms with Crippen molar-refractivity contribution in [3.05, 3.63) is 53.3 Å². The zero-order valence-electron chi connectivity index (χ0n) is 14.9. The second-order valence-corrected chi connectivity index (χ2v) is 6.19. The van der Waals surface area contributed by atoms with Crippen molar-refractivity contribution in [2.75, 3.05) is 27.9 Å². The van der Waals surface area contributed by atoms with Crippen LogP contribution in [0.5, 0.6) is 17.2 Å². The Balaban J connectivity index is 1.90. The number of hydrogen-bond donors (Lipinski definition) is 0. The maximum Gasteiger partial charge on any atom is 0.123 e. The van der Waals surface area contributed by atoms with Crippen molar-refractivity contribution in [2.45, 2.75) is 25.4 Å². The highest BCUT2D eigenvalue weighted by Crippen LogP contribution is 2.40. The Morgan fingerprint density at radius 1 is 1.00 bits per heavy atom. The van der Waals surface area contributed by atoms with Gasteiger partial charge in [-0.25, -0.2) is 4.39 Å². The summed E-state index contributed by atoms with van der Waals surface area (Å²) in [6.45, 7) is 1.58. The summed E-state index contributed by atoms with van der Waals surface area (Å²) >= 11 is 0. The Bertz CT molecular complexity index is 735. The van der Waals surface area contributed by atoms with Gasteiger partial charge < -0.3 is 14.2 Å². The smallest absolute Gasteiger partial charge is 0.123 e. The van der Waals surface area contributed by atoms with Crippen molar-refractivity contribution >= 4 is 0 Å². The first-order valence-corrected chi connectivity index (χ1v) is 8.44. The highest BCUT2D eigenvalue weighted by atomic mass is 19.1. The molecule has 0 amide bonds. The average molecular weight is 345 g/mol. The third-order valence-corrected chi connectivity index (χ3v) is 4.78. The third kappa shape index (κ3) is 3.71. The van der Waals surface area contributed by atoms with Gasteiger partial charge in [-0.2, -0.15) is 0 Å². The predicted octanol–water partition coefficient (Wildman–Crippen LogP) is 4.19. The van der Waals surface area contributed by atoms with Gasteiger partial charge in [-0.3, -0.25) is 4.90 Å². The van der Waals surface area contributed by atoms with E-state index in [-0.39, 0.29) is 11.9 Å². The average Bonchev–Trinajstić information content (AvgIpc) is 3.09. The van der Waals surface area contributed by atoms with Crippen LogP contribution in [0.15, 0.2) is 36.4 Å². The van der Waals surface area contributed by atoms with E-state index in [0.717, 1.165) is 42.0 Å². The summed E-state index contributed by atoms with van der Waals surface area (Å²) in [5, 5.41) is 0. The third-order valence-electron chi connectivity index (χ3n) is 4.78. The van der Waals surface area contributed by atoms with E-state index < -0.39 is 0 Å². The minimum absolute atomic E-state index is 0.207. The van der Waals surface area contributed by atoms with Crippen LogP contribution in [0.4, 0.5) is 4.39 Å². The Morgan fingerprint density at radius 2 is 1.76 bits per heavy atom. The molecule has 2 aromatic carbocycles. The lowest BCUT2D eigenvalue weighted by Gasteiger charge is -2.27. The lowest BCUT2D eigenvalue weighted by atomic mass is 10.0. The van der Waals surface area contributed by atoms with Crippen LogP contribution in [0.1, 0.15) is 30.0 Å². The second-order valence-electron chi connectivity index (χ2n) is 6.19. The number of methoxy groups -OCH3 is 3. The second kappa shape index (κ2) is 7.74. The van der Waals surface area contributed by atoms with Crippen molar-refractivity contribution in [3.63, 3.8) is 0 Å². The van der Waals surface area contributed by atoms with Gasteiger partial charge in [0.15, 0.2) is 0 Å². The molecule has 1 aliphatic rings. The molecule has 0 unspecified atom stereocenters. The molecule has 1 atom stereocenters. The van der Waals surface area contributed by atoms with E-state index >= 15 is 0 Å². The number of ether oxygens (including phenoxy) is 3. The summed E-state index contributed by atoms with van der Waals surface area (Å²) in [6.07, 6.45) is 2.11. The molecule has 134 valence electrons. The molecule has 0 radical (unpaired) electrons. The van der Waals surface area contributed by atoms with E-state index in [9.17, 15) is 4.39 Å². The maximum absolute atomic E-state index is 13.7. The van der Waals surface area contributed by atoms with E-state index in [2.05, 4.69) is 4.90 Å². The van der Waals surface area contributed by atoms with Crippen LogP contribution in [-0.4, -0.2) is 32.8 Å². The van der Waals surface area contributed by atoms with Gasteiger partial charge in [-0.1, -0.05) is 0 Å². The fraction of sp³-hybridized carbons (Fsp3) is 0.400. The maximum atomic E-state index is 13.7. The normalized spacial score (nSPS) is 17.5. The molecule has 4 nitrogen and oxygen atoms in total. The molecule has 1 aliphatic heterocycles. The van der Waals surface area contributed by atoms with Crippen molar-refractivity contribution < 1.29 is 18.6 Å². The summed E-state index contributed by atoms with van der Waals surface area (Å²) in [5.41, 5.74) is 1.96. The molecule has 0 bridgehead atoms. The van der Waals surface area contributed by atoms with Crippen molar-refractivity contribution in [3.8, 4) is 17.2 Å². The molecule has 0 saturated carbocycles. The molecule has 5 heteroatoms. The van der Waals surface area contributed by atoms with Crippen LogP contribution in [-0.2, 0) is 6.54 Å². The van der Waals surface area contributed by atoms with Gasteiger partial charge >= 0.3 is 0 Å². The molecule has 0 N–H and O–H groups in total. The molecule has 1 fully saturated rings. The first-order valence-electron chi connectivity index (χ1n) is 8.44. The summed E-state index contributed by atoms with van der Waals surface area (Å²) in [7, 11) is 4.96. The summed E-state index contributed by atoms with van der Waals surface area (Å²) in [4.78, 5) is 2.34. The van der Waals surface area contributed by atoms with Gasteiger partial charge in [0.1, 0.15) is 23.1 Å². The first kappa shape index (κ1) is 17.5. The van der Waals surface area contributed by atoms with Crippen molar-refractivity contribution in [1.82, 2.24) is 4.90 Å². The van der Waals surface area contributed by atoms with Crippen LogP contribution >= 0.6 is 0 Å². The Kier molecular flexibility index (Phi) is 5.43. The largest absolute Gasteiger partial charge is 0.497 e. The monoisotopic (exact) mass is 345 g/mol. The molecule has 1 heterocycles. The standard InChI is InChI=1S/C20H24FNO3/c1-23-16-7-9-20(25-3)17(12-16)18-5-4-10-22(18)13-14-11-15(21)6-8-19(14)24-2/h6-9,11-12,18H,4-5,10,13H2,1-3H3/t18-/m1/s1. The van der Waals surface area contributed by atoms with Gasteiger partial charge in [0, 0.05) is 23.7 Å². The number of halogens is 1. The molecule has 1 saturated heterocycles. The molecule has 0 aromatic heterocycles. The Morgan fingerprint density at radius 3 is 2.48 bits per heavy atom. The zero-order chi connectivity index (χ0) is 17.8. The van der Waals surface area contributed by atoms with Gasteiger partial charge in [0.2, 0.25) is 0 Å². The quantitative estimate of drug-likeness (QED) is 0.785. The lowest BCUT2D eigenvalue weighted by molar-refractivity contribution is 0.238. The number of nitrogens with zero attached hydrogens (tertiary/aromatic N) is 1. The highest BCUT2D eigenvalue weighted by molar-refractivity contribution is 5.43. The van der Waals surface area contributed by atoms with Crippen LogP contribution in [0.3, 0.4) is 0 Å². The lowest BCUT2D eigenvalue weighted by Crippen LogP contribution is -2.23. The molecule has 0 spiro atoms. The number of rotatable bonds is 6. The topological polar surface area (TPSA) is 30.9 Å². The summed E-state index contributed by atoms with van der Waals surface area (Å²) in [5.74, 6) is 2.13. The van der Waals surface area contributed by atoms with Gasteiger partial charge in [-0.05, 0) is 55.8 Å². The van der Waals surface area contributed by atoms with Gasteiger partial charge in [-0.15, -0.1) is 0 Å². The molecule has 0 aliphatic carbocycles. The predicted molar refractivity (Wildman–Crippen MR) is 94.9 cm³/mol. The minimum Gasteiger partial charge on any atom is -0.497 e. The van der Waals surface area contributed by atoms with E-state index in [1.54, 1.807) is 33.5 Å². The van der Waals surface area contributed by atoms with Crippen molar-refractivity contribution in [1.29, 1.82) is 0 Å². The first-order chi connectivity index (χ1) is 12.2. The molecule has 3 rings (SSSR count). The highest BCUT2D eigenvalue weighted by Gasteiger charge is 2.29. The Hall–Kier alpha value is -2.27. The zero-order valence-corrected chi connectivity index (χ0v) is 14.9. The molecule has 2 aromatic rings.